The largest absolute Gasteiger partial charge is 0.466 e. The van der Waals surface area contributed by atoms with Crippen molar-refractivity contribution in [2.45, 2.75) is 26.8 Å². The summed E-state index contributed by atoms with van der Waals surface area (Å²) in [6, 6.07) is 18.4. The van der Waals surface area contributed by atoms with Crippen LogP contribution in [0.15, 0.2) is 84.1 Å². The Hall–Kier alpha value is -4.99. The van der Waals surface area contributed by atoms with E-state index >= 15 is 0 Å². The highest BCUT2D eigenvalue weighted by Gasteiger charge is 2.21. The molecule has 0 saturated heterocycles. The van der Waals surface area contributed by atoms with Gasteiger partial charge in [-0.1, -0.05) is 12.6 Å². The van der Waals surface area contributed by atoms with E-state index < -0.39 is 0 Å². The van der Waals surface area contributed by atoms with Gasteiger partial charge in [0.2, 0.25) is 0 Å². The number of hydrogen-bond donors (Lipinski definition) is 2. The van der Waals surface area contributed by atoms with Gasteiger partial charge in [-0.3, -0.25) is 14.5 Å². The number of rotatable bonds is 11. The van der Waals surface area contributed by atoms with Crippen LogP contribution in [0, 0.1) is 0 Å². The van der Waals surface area contributed by atoms with Crippen LogP contribution in [0.4, 0.5) is 11.5 Å². The number of nitrogens with zero attached hydrogens (tertiary/aromatic N) is 5. The normalized spacial score (nSPS) is 11.3. The summed E-state index contributed by atoms with van der Waals surface area (Å²) in [7, 11) is 1.94. The summed E-state index contributed by atoms with van der Waals surface area (Å²) < 4.78 is 7.03. The van der Waals surface area contributed by atoms with Crippen LogP contribution >= 0.6 is 0 Å². The standard InChI is InChI=1S/C30H33N7O3/c1-5-40-28(38)15-17-37(26-8-6-7-16-32-26)30(39)22-11-14-25-24(18-22)35-27(36(25)4)19-33-23-12-9-21(10-13-23)29(31)34-20(2)3/h6-14,16,18,33H,2,5,15,17,19H2,1,3-4H3,(H2,31,34). The van der Waals surface area contributed by atoms with Crippen LogP contribution < -0.4 is 16.0 Å². The Morgan fingerprint density at radius 1 is 1.12 bits per heavy atom. The molecule has 40 heavy (non-hydrogen) atoms. The van der Waals surface area contributed by atoms with Crippen molar-refractivity contribution in [3.8, 4) is 0 Å². The maximum absolute atomic E-state index is 13.6. The van der Waals surface area contributed by atoms with E-state index in [2.05, 4.69) is 21.9 Å². The summed E-state index contributed by atoms with van der Waals surface area (Å²) in [5.74, 6) is 1.04. The number of allylic oxidation sites excluding steroid dienone is 1. The van der Waals surface area contributed by atoms with Crippen molar-refractivity contribution in [2.24, 2.45) is 17.8 Å². The van der Waals surface area contributed by atoms with E-state index in [0.29, 0.717) is 35.0 Å². The number of imidazole rings is 1. The van der Waals surface area contributed by atoms with Crippen LogP contribution in [0.25, 0.3) is 11.0 Å². The van der Waals surface area contributed by atoms with Gasteiger partial charge in [0.1, 0.15) is 17.5 Å². The number of carbonyl (C=O) groups excluding carboxylic acids is 2. The van der Waals surface area contributed by atoms with Gasteiger partial charge in [0.15, 0.2) is 0 Å². The van der Waals surface area contributed by atoms with E-state index in [0.717, 1.165) is 22.6 Å². The predicted octanol–water partition coefficient (Wildman–Crippen LogP) is 4.42. The summed E-state index contributed by atoms with van der Waals surface area (Å²) in [5, 5.41) is 3.38. The van der Waals surface area contributed by atoms with Gasteiger partial charge in [-0.2, -0.15) is 0 Å². The molecule has 2 aromatic heterocycles. The van der Waals surface area contributed by atoms with Crippen LogP contribution in [-0.4, -0.2) is 45.4 Å². The molecule has 3 N–H and O–H groups in total. The van der Waals surface area contributed by atoms with Crippen LogP contribution in [0.3, 0.4) is 0 Å². The number of amides is 1. The molecular formula is C30H33N7O3. The Balaban J connectivity index is 1.51. The second-order valence-corrected chi connectivity index (χ2v) is 9.15. The number of anilines is 2. The average molecular weight is 540 g/mol. The molecule has 0 spiro atoms. The number of aromatic nitrogens is 3. The molecule has 0 atom stereocenters. The summed E-state index contributed by atoms with van der Waals surface area (Å²) in [4.78, 5) is 40.3. The summed E-state index contributed by atoms with van der Waals surface area (Å²) in [6.45, 7) is 8.20. The number of nitrogens with one attached hydrogen (secondary N) is 1. The lowest BCUT2D eigenvalue weighted by molar-refractivity contribution is -0.142. The Kier molecular flexibility index (Phi) is 8.90. The molecule has 0 fully saturated rings. The first kappa shape index (κ1) is 28.0. The Morgan fingerprint density at radius 3 is 2.55 bits per heavy atom. The lowest BCUT2D eigenvalue weighted by Crippen LogP contribution is -2.34. The van der Waals surface area contributed by atoms with Gasteiger partial charge in [0.05, 0.1) is 30.6 Å². The van der Waals surface area contributed by atoms with Gasteiger partial charge in [-0.15, -0.1) is 0 Å². The fourth-order valence-corrected chi connectivity index (χ4v) is 4.18. The zero-order valence-electron chi connectivity index (χ0n) is 22.9. The fourth-order valence-electron chi connectivity index (χ4n) is 4.18. The van der Waals surface area contributed by atoms with E-state index in [1.54, 1.807) is 50.4 Å². The van der Waals surface area contributed by atoms with Crippen molar-refractivity contribution >= 4 is 40.3 Å². The number of amidine groups is 1. The molecule has 4 aromatic rings. The number of aryl methyl sites for hydroxylation is 1. The smallest absolute Gasteiger partial charge is 0.307 e. The molecule has 0 saturated carbocycles. The minimum atomic E-state index is -0.369. The molecule has 1 amide bonds. The van der Waals surface area contributed by atoms with Crippen molar-refractivity contribution in [3.05, 3.63) is 96.1 Å². The molecule has 10 heteroatoms. The van der Waals surface area contributed by atoms with Crippen LogP contribution in [0.5, 0.6) is 0 Å². The molecule has 0 radical (unpaired) electrons. The minimum absolute atomic E-state index is 0.0616. The van der Waals surface area contributed by atoms with Gasteiger partial charge < -0.3 is 20.4 Å². The molecule has 2 heterocycles. The molecule has 206 valence electrons. The zero-order valence-corrected chi connectivity index (χ0v) is 22.9. The highest BCUT2D eigenvalue weighted by atomic mass is 16.5. The first-order chi connectivity index (χ1) is 19.3. The quantitative estimate of drug-likeness (QED) is 0.164. The Labute approximate surface area is 233 Å². The molecule has 0 aliphatic heterocycles. The summed E-state index contributed by atoms with van der Waals surface area (Å²) in [5.41, 5.74) is 10.4. The Morgan fingerprint density at radius 2 is 1.88 bits per heavy atom. The number of carbonyl (C=O) groups is 2. The van der Waals surface area contributed by atoms with Gasteiger partial charge >= 0.3 is 5.97 Å². The van der Waals surface area contributed by atoms with Gasteiger partial charge in [-0.05, 0) is 68.4 Å². The highest BCUT2D eigenvalue weighted by molar-refractivity contribution is 6.07. The summed E-state index contributed by atoms with van der Waals surface area (Å²) in [6.07, 6.45) is 1.67. The number of aliphatic imine (C=N–C) groups is 1. The second kappa shape index (κ2) is 12.7. The number of benzene rings is 2. The highest BCUT2D eigenvalue weighted by Crippen LogP contribution is 2.21. The van der Waals surface area contributed by atoms with Crippen LogP contribution in [0.2, 0.25) is 0 Å². The van der Waals surface area contributed by atoms with E-state index in [4.69, 9.17) is 15.5 Å². The molecule has 2 aromatic carbocycles. The molecule has 4 rings (SSSR count). The molecular weight excluding hydrogens is 506 g/mol. The predicted molar refractivity (Wildman–Crippen MR) is 157 cm³/mol. The van der Waals surface area contributed by atoms with Gasteiger partial charge in [-0.25, -0.2) is 15.0 Å². The number of hydrogen-bond acceptors (Lipinski definition) is 7. The lowest BCUT2D eigenvalue weighted by Gasteiger charge is -2.21. The van der Waals surface area contributed by atoms with Gasteiger partial charge in [0, 0.05) is 42.3 Å². The first-order valence-electron chi connectivity index (χ1n) is 12.9. The monoisotopic (exact) mass is 539 g/mol. The number of nitrogens with two attached hydrogens (primary N) is 1. The van der Waals surface area contributed by atoms with Crippen molar-refractivity contribution in [2.75, 3.05) is 23.4 Å². The zero-order chi connectivity index (χ0) is 28.6. The Bertz CT molecular complexity index is 1540. The molecule has 0 unspecified atom stereocenters. The van der Waals surface area contributed by atoms with E-state index in [1.165, 1.54) is 4.90 Å². The lowest BCUT2D eigenvalue weighted by atomic mass is 10.1. The SMILES string of the molecule is C=C(C)N=C(N)c1ccc(NCc2nc3cc(C(=O)N(CCC(=O)OCC)c4ccccn4)ccc3n2C)cc1. The van der Waals surface area contributed by atoms with Crippen molar-refractivity contribution < 1.29 is 14.3 Å². The summed E-state index contributed by atoms with van der Waals surface area (Å²) >= 11 is 0. The van der Waals surface area contributed by atoms with Crippen molar-refractivity contribution in [1.29, 1.82) is 0 Å². The number of ether oxygens (including phenoxy) is 1. The number of fused-ring (bicyclic) bond motifs is 1. The molecule has 0 aliphatic rings. The van der Waals surface area contributed by atoms with Crippen molar-refractivity contribution in [3.63, 3.8) is 0 Å². The number of esters is 1. The maximum atomic E-state index is 13.6. The van der Waals surface area contributed by atoms with Crippen LogP contribution in [-0.2, 0) is 23.1 Å². The van der Waals surface area contributed by atoms with E-state index in [9.17, 15) is 9.59 Å². The average Bonchev–Trinajstić information content (AvgIpc) is 3.27. The van der Waals surface area contributed by atoms with E-state index in [-0.39, 0.29) is 31.4 Å². The first-order valence-corrected chi connectivity index (χ1v) is 12.9. The topological polar surface area (TPSA) is 128 Å². The second-order valence-electron chi connectivity index (χ2n) is 9.15. The minimum Gasteiger partial charge on any atom is -0.466 e. The van der Waals surface area contributed by atoms with Crippen LogP contribution in [0.1, 0.15) is 42.0 Å². The third-order valence-electron chi connectivity index (χ3n) is 6.18. The molecule has 10 nitrogen and oxygen atoms in total. The third kappa shape index (κ3) is 6.71. The molecule has 0 bridgehead atoms. The maximum Gasteiger partial charge on any atom is 0.307 e. The fraction of sp³-hybridized carbons (Fsp3) is 0.233. The van der Waals surface area contributed by atoms with E-state index in [1.807, 2.05) is 41.9 Å². The van der Waals surface area contributed by atoms with Gasteiger partial charge in [0.25, 0.3) is 5.91 Å². The number of pyridine rings is 1. The third-order valence-corrected chi connectivity index (χ3v) is 6.18. The van der Waals surface area contributed by atoms with Crippen molar-refractivity contribution in [1.82, 2.24) is 14.5 Å². The molecule has 0 aliphatic carbocycles.